The summed E-state index contributed by atoms with van der Waals surface area (Å²) in [5.74, 6) is 1.25. The molecule has 1 aliphatic heterocycles. The second-order valence-corrected chi connectivity index (χ2v) is 10.3. The van der Waals surface area contributed by atoms with Crippen LogP contribution in [0.15, 0.2) is 54.6 Å². The van der Waals surface area contributed by atoms with Crippen molar-refractivity contribution in [1.82, 2.24) is 0 Å². The lowest BCUT2D eigenvalue weighted by atomic mass is 9.63. The monoisotopic (exact) mass is 441 g/mol. The molecule has 0 unspecified atom stereocenters. The fourth-order valence-electron chi connectivity index (χ4n) is 6.32. The van der Waals surface area contributed by atoms with E-state index in [1.54, 1.807) is 24.3 Å². The topological polar surface area (TPSA) is 63.7 Å². The average Bonchev–Trinajstić information content (AvgIpc) is 3.57. The summed E-state index contributed by atoms with van der Waals surface area (Å²) in [5, 5.41) is 0. The number of esters is 1. The fraction of sp³-hybridized carbons (Fsp3) is 0.393. The van der Waals surface area contributed by atoms with Gasteiger partial charge < -0.3 is 4.74 Å². The van der Waals surface area contributed by atoms with Crippen LogP contribution in [0.3, 0.4) is 0 Å². The molecule has 2 saturated carbocycles. The number of carbonyl (C=O) groups excluding carboxylic acids is 3. The molecule has 168 valence electrons. The van der Waals surface area contributed by atoms with Gasteiger partial charge in [0.15, 0.2) is 0 Å². The Morgan fingerprint density at radius 2 is 1.55 bits per heavy atom. The van der Waals surface area contributed by atoms with Gasteiger partial charge in [0.25, 0.3) is 0 Å². The highest BCUT2D eigenvalue weighted by atomic mass is 16.5. The van der Waals surface area contributed by atoms with Gasteiger partial charge in [-0.2, -0.15) is 0 Å². The maximum atomic E-state index is 13.3. The van der Waals surface area contributed by atoms with Crippen LogP contribution in [0.1, 0.15) is 47.7 Å². The number of aryl methyl sites for hydroxylation is 1. The van der Waals surface area contributed by atoms with Crippen LogP contribution < -0.4 is 9.64 Å². The van der Waals surface area contributed by atoms with Gasteiger partial charge in [-0.1, -0.05) is 38.1 Å². The van der Waals surface area contributed by atoms with Crippen LogP contribution in [0.5, 0.6) is 5.75 Å². The molecule has 1 saturated heterocycles. The number of hydrogen-bond donors (Lipinski definition) is 0. The van der Waals surface area contributed by atoms with Crippen molar-refractivity contribution in [3.05, 3.63) is 71.3 Å². The highest BCUT2D eigenvalue weighted by molar-refractivity contribution is 6.22. The maximum absolute atomic E-state index is 13.3. The van der Waals surface area contributed by atoms with Crippen molar-refractivity contribution < 1.29 is 19.1 Å². The lowest BCUT2D eigenvalue weighted by molar-refractivity contribution is -0.124. The van der Waals surface area contributed by atoms with Crippen LogP contribution in [0.4, 0.5) is 5.69 Å². The smallest absolute Gasteiger partial charge is 0.343 e. The van der Waals surface area contributed by atoms with E-state index in [2.05, 4.69) is 26.0 Å². The van der Waals surface area contributed by atoms with Gasteiger partial charge in [-0.25, -0.2) is 4.79 Å². The number of amides is 2. The highest BCUT2D eigenvalue weighted by Gasteiger charge is 2.67. The van der Waals surface area contributed by atoms with E-state index >= 15 is 0 Å². The van der Waals surface area contributed by atoms with E-state index in [1.807, 2.05) is 25.1 Å². The molecule has 5 aliphatic rings. The molecule has 7 rings (SSSR count). The number of benzene rings is 2. The Morgan fingerprint density at radius 3 is 2.12 bits per heavy atom. The van der Waals surface area contributed by atoms with Crippen LogP contribution in [-0.2, 0) is 9.59 Å². The molecule has 0 aromatic heterocycles. The molecular formula is C28H27NO4. The Balaban J connectivity index is 1.23. The highest BCUT2D eigenvalue weighted by Crippen LogP contribution is 2.65. The first-order chi connectivity index (χ1) is 15.8. The first-order valence-corrected chi connectivity index (χ1v) is 11.8. The second kappa shape index (κ2) is 7.14. The molecule has 0 radical (unpaired) electrons. The van der Waals surface area contributed by atoms with Gasteiger partial charge in [0.1, 0.15) is 5.75 Å². The van der Waals surface area contributed by atoms with Crippen molar-refractivity contribution in [2.45, 2.75) is 33.1 Å². The Kier molecular flexibility index (Phi) is 4.42. The van der Waals surface area contributed by atoms with Crippen molar-refractivity contribution in [3.63, 3.8) is 0 Å². The summed E-state index contributed by atoms with van der Waals surface area (Å²) in [7, 11) is 0. The van der Waals surface area contributed by atoms with Crippen LogP contribution in [0.25, 0.3) is 0 Å². The van der Waals surface area contributed by atoms with Gasteiger partial charge in [-0.15, -0.1) is 0 Å². The number of rotatable bonds is 4. The molecule has 3 fully saturated rings. The SMILES string of the molecule is Cc1ccc(C(C)C)c(OC(=O)c2ccc(N3C(=O)[C@@H]4[C@H]5C=C[C@H]([C@H]6C[C@H]56)[C@@H]4C3=O)cc2)c1. The average molecular weight is 442 g/mol. The van der Waals surface area contributed by atoms with Crippen molar-refractivity contribution in [2.75, 3.05) is 4.90 Å². The third-order valence-corrected chi connectivity index (χ3v) is 8.02. The summed E-state index contributed by atoms with van der Waals surface area (Å²) < 4.78 is 5.72. The summed E-state index contributed by atoms with van der Waals surface area (Å²) in [6.07, 6.45) is 5.49. The molecule has 0 N–H and O–H groups in total. The van der Waals surface area contributed by atoms with Crippen LogP contribution in [0, 0.1) is 42.4 Å². The van der Waals surface area contributed by atoms with Gasteiger partial charge >= 0.3 is 5.97 Å². The number of carbonyl (C=O) groups is 3. The first-order valence-electron chi connectivity index (χ1n) is 11.8. The van der Waals surface area contributed by atoms with Crippen LogP contribution in [-0.4, -0.2) is 17.8 Å². The maximum Gasteiger partial charge on any atom is 0.343 e. The zero-order valence-corrected chi connectivity index (χ0v) is 19.0. The zero-order chi connectivity index (χ0) is 23.0. The van der Waals surface area contributed by atoms with Gasteiger partial charge in [0, 0.05) is 0 Å². The fourth-order valence-corrected chi connectivity index (χ4v) is 6.32. The number of hydrogen-bond acceptors (Lipinski definition) is 4. The lowest BCUT2D eigenvalue weighted by Gasteiger charge is -2.37. The molecule has 2 aromatic carbocycles. The van der Waals surface area contributed by atoms with Gasteiger partial charge in [-0.3, -0.25) is 14.5 Å². The van der Waals surface area contributed by atoms with Crippen molar-refractivity contribution in [2.24, 2.45) is 35.5 Å². The van der Waals surface area contributed by atoms with E-state index < -0.39 is 5.97 Å². The molecule has 33 heavy (non-hydrogen) atoms. The Bertz CT molecular complexity index is 1170. The molecule has 2 aromatic rings. The van der Waals surface area contributed by atoms with Crippen LogP contribution >= 0.6 is 0 Å². The molecule has 2 amide bonds. The summed E-state index contributed by atoms with van der Waals surface area (Å²) in [4.78, 5) is 40.7. The number of nitrogens with zero attached hydrogens (tertiary/aromatic N) is 1. The molecule has 1 heterocycles. The molecule has 0 spiro atoms. The Labute approximate surface area is 193 Å². The van der Waals surface area contributed by atoms with Gasteiger partial charge in [-0.05, 0) is 84.4 Å². The van der Waals surface area contributed by atoms with Gasteiger partial charge in [0.05, 0.1) is 23.1 Å². The molecular weight excluding hydrogens is 414 g/mol. The summed E-state index contributed by atoms with van der Waals surface area (Å²) in [6, 6.07) is 12.5. The third-order valence-electron chi connectivity index (χ3n) is 8.02. The van der Waals surface area contributed by atoms with Crippen LogP contribution in [0.2, 0.25) is 0 Å². The van der Waals surface area contributed by atoms with E-state index in [0.29, 0.717) is 28.8 Å². The van der Waals surface area contributed by atoms with Crippen molar-refractivity contribution in [1.29, 1.82) is 0 Å². The van der Waals surface area contributed by atoms with E-state index in [1.165, 1.54) is 4.90 Å². The molecule has 4 aliphatic carbocycles. The summed E-state index contributed by atoms with van der Waals surface area (Å²) >= 11 is 0. The number of ether oxygens (including phenoxy) is 1. The largest absolute Gasteiger partial charge is 0.423 e. The standard InChI is InChI=1S/C28H27NO4/c1-14(2)18-9-4-15(3)12-23(18)33-28(32)16-5-7-17(8-6-16)29-26(30)24-19-10-11-20(22-13-21(19)22)25(24)27(29)31/h4-12,14,19-22,24-25H,13H2,1-3H3/t19-,20+,21-,22-,24+,25-/m1/s1. The Hall–Kier alpha value is -3.21. The number of anilines is 1. The summed E-state index contributed by atoms with van der Waals surface area (Å²) in [6.45, 7) is 6.08. The van der Waals surface area contributed by atoms with E-state index in [4.69, 9.17) is 4.74 Å². The van der Waals surface area contributed by atoms with E-state index in [0.717, 1.165) is 17.5 Å². The third kappa shape index (κ3) is 3.01. The molecule has 5 nitrogen and oxygen atoms in total. The minimum absolute atomic E-state index is 0.0913. The van der Waals surface area contributed by atoms with Gasteiger partial charge in [0.2, 0.25) is 11.8 Å². The van der Waals surface area contributed by atoms with Crippen molar-refractivity contribution >= 4 is 23.5 Å². The predicted octanol–water partition coefficient (Wildman–Crippen LogP) is 4.90. The normalized spacial score (nSPS) is 31.1. The lowest BCUT2D eigenvalue weighted by Crippen LogP contribution is -2.40. The number of allylic oxidation sites excluding steroid dienone is 2. The van der Waals surface area contributed by atoms with Crippen molar-refractivity contribution in [3.8, 4) is 5.75 Å². The quantitative estimate of drug-likeness (QED) is 0.293. The summed E-state index contributed by atoms with van der Waals surface area (Å²) in [5.41, 5.74) is 2.91. The molecule has 2 bridgehead atoms. The molecule has 5 heteroatoms. The minimum Gasteiger partial charge on any atom is -0.423 e. The predicted molar refractivity (Wildman–Crippen MR) is 124 cm³/mol. The van der Waals surface area contributed by atoms with E-state index in [-0.39, 0.29) is 41.4 Å². The van der Waals surface area contributed by atoms with E-state index in [9.17, 15) is 14.4 Å². The first kappa shape index (κ1) is 20.4. The zero-order valence-electron chi connectivity index (χ0n) is 19.0. The molecule has 6 atom stereocenters. The Morgan fingerprint density at radius 1 is 0.939 bits per heavy atom. The second-order valence-electron chi connectivity index (χ2n) is 10.3. The minimum atomic E-state index is -0.455. The number of imide groups is 1.